The fourth-order valence-electron chi connectivity index (χ4n) is 4.13. The summed E-state index contributed by atoms with van der Waals surface area (Å²) in [6.45, 7) is 10.2. The van der Waals surface area contributed by atoms with Crippen LogP contribution in [0.4, 0.5) is 0 Å². The fraction of sp³-hybridized carbons (Fsp3) is 0.526. The Morgan fingerprint density at radius 1 is 1.16 bits per heavy atom. The van der Waals surface area contributed by atoms with Crippen LogP contribution in [0.15, 0.2) is 41.7 Å². The third-order valence-corrected chi connectivity index (χ3v) is 10.0. The van der Waals surface area contributed by atoms with Crippen LogP contribution in [0, 0.1) is 0 Å². The molecule has 1 aromatic rings. The molecule has 0 aromatic heterocycles. The van der Waals surface area contributed by atoms with Gasteiger partial charge in [-0.25, -0.2) is 0 Å². The fourth-order valence-corrected chi connectivity index (χ4v) is 9.51. The summed E-state index contributed by atoms with van der Waals surface area (Å²) in [4.78, 5) is 12.6. The van der Waals surface area contributed by atoms with Crippen LogP contribution < -0.4 is 0 Å². The molecule has 138 valence electrons. The minimum atomic E-state index is -3.72. The molecular weight excluding hydrogens is 337 g/mol. The van der Waals surface area contributed by atoms with E-state index in [0.717, 1.165) is 25.1 Å². The Balaban J connectivity index is 2.28. The van der Waals surface area contributed by atoms with Crippen LogP contribution in [0.5, 0.6) is 0 Å². The van der Waals surface area contributed by atoms with Gasteiger partial charge in [-0.05, 0) is 0 Å². The van der Waals surface area contributed by atoms with Gasteiger partial charge in [-0.1, -0.05) is 0 Å². The molecule has 1 saturated heterocycles. The van der Waals surface area contributed by atoms with Crippen LogP contribution >= 0.6 is 7.43 Å². The number of rotatable bonds is 5. The molecule has 0 amide bonds. The molecule has 1 aromatic carbocycles. The third-order valence-electron chi connectivity index (χ3n) is 5.07. The number of allylic oxidation sites excluding steroid dienone is 2. The summed E-state index contributed by atoms with van der Waals surface area (Å²) in [6, 6.07) is 10.0. The summed E-state index contributed by atoms with van der Waals surface area (Å²) in [5.41, 5.74) is 1.36. The molecule has 5 nitrogen and oxygen atoms in total. The summed E-state index contributed by atoms with van der Waals surface area (Å²) in [5.74, 6) is 0.644. The van der Waals surface area contributed by atoms with Gasteiger partial charge in [0.1, 0.15) is 0 Å². The van der Waals surface area contributed by atoms with E-state index < -0.39 is 7.43 Å². The monoisotopic (exact) mass is 365 g/mol. The van der Waals surface area contributed by atoms with Crippen LogP contribution in [-0.2, 0) is 18.4 Å². The molecule has 1 spiro atoms. The second-order valence-corrected chi connectivity index (χ2v) is 10.1. The number of benzene rings is 1. The van der Waals surface area contributed by atoms with Gasteiger partial charge >= 0.3 is 150 Å². The zero-order valence-electron chi connectivity index (χ0n) is 15.5. The molecule has 1 fully saturated rings. The molecule has 0 N–H and O–H groups in total. The number of nitrogens with zero attached hydrogens (tertiary/aromatic N) is 1. The van der Waals surface area contributed by atoms with E-state index in [9.17, 15) is 4.79 Å². The van der Waals surface area contributed by atoms with Crippen molar-refractivity contribution in [2.24, 2.45) is 0 Å². The molecule has 0 unspecified atom stereocenters. The Labute approximate surface area is 150 Å². The molecule has 0 radical (unpaired) electrons. The zero-order chi connectivity index (χ0) is 18.1. The molecule has 0 bridgehead atoms. The average molecular weight is 365 g/mol. The molecule has 6 heteroatoms. The Hall–Kier alpha value is -1.26. The molecular formula is C19H28NO4P. The molecule has 3 rings (SSSR count). The summed E-state index contributed by atoms with van der Waals surface area (Å²) >= 11 is 0. The Kier molecular flexibility index (Phi) is 5.04. The minimum absolute atomic E-state index is 0.0118. The second kappa shape index (κ2) is 6.81. The van der Waals surface area contributed by atoms with Crippen LogP contribution in [0.3, 0.4) is 0 Å². The van der Waals surface area contributed by atoms with Crippen molar-refractivity contribution in [3.8, 4) is 0 Å². The van der Waals surface area contributed by atoms with Crippen molar-refractivity contribution in [2.75, 3.05) is 26.3 Å². The Morgan fingerprint density at radius 2 is 1.76 bits per heavy atom. The number of ketones is 1. The summed E-state index contributed by atoms with van der Waals surface area (Å²) in [7, 11) is -3.72. The molecule has 2 heterocycles. The Morgan fingerprint density at radius 3 is 2.28 bits per heavy atom. The van der Waals surface area contributed by atoms with Crippen LogP contribution in [-0.4, -0.2) is 36.8 Å². The molecule has 2 aliphatic rings. The van der Waals surface area contributed by atoms with Gasteiger partial charge in [0.2, 0.25) is 0 Å². The number of carbonyl (C=O) groups is 1. The van der Waals surface area contributed by atoms with Crippen LogP contribution in [0.2, 0.25) is 0 Å². The van der Waals surface area contributed by atoms with Gasteiger partial charge in [-0.3, -0.25) is 0 Å². The number of hydrogen-bond donors (Lipinski definition) is 0. The number of carbonyl (C=O) groups excluding carboxylic acids is 1. The first-order valence-electron chi connectivity index (χ1n) is 9.03. The van der Waals surface area contributed by atoms with E-state index in [4.69, 9.17) is 13.6 Å². The molecule has 2 aliphatic heterocycles. The van der Waals surface area contributed by atoms with Gasteiger partial charge in [0.25, 0.3) is 0 Å². The van der Waals surface area contributed by atoms with Gasteiger partial charge in [0.15, 0.2) is 0 Å². The SMILES string of the molecule is CCN(CC)P12(OCCCO1)OC(C)=C(C(C)=O)[C@H]2c1ccccc1. The van der Waals surface area contributed by atoms with Crippen LogP contribution in [0.1, 0.15) is 45.3 Å². The van der Waals surface area contributed by atoms with E-state index in [1.165, 1.54) is 0 Å². The van der Waals surface area contributed by atoms with E-state index in [2.05, 4.69) is 18.5 Å². The summed E-state index contributed by atoms with van der Waals surface area (Å²) in [5, 5.41) is 0. The van der Waals surface area contributed by atoms with E-state index in [1.54, 1.807) is 6.92 Å². The summed E-state index contributed by atoms with van der Waals surface area (Å²) in [6.07, 6.45) is 0.832. The van der Waals surface area contributed by atoms with Crippen molar-refractivity contribution in [1.29, 1.82) is 0 Å². The van der Waals surface area contributed by atoms with Gasteiger partial charge in [-0.15, -0.1) is 0 Å². The van der Waals surface area contributed by atoms with Crippen LogP contribution in [0.25, 0.3) is 0 Å². The van der Waals surface area contributed by atoms with Crippen molar-refractivity contribution >= 4 is 13.2 Å². The van der Waals surface area contributed by atoms with Gasteiger partial charge < -0.3 is 0 Å². The van der Waals surface area contributed by atoms with Crippen molar-refractivity contribution in [2.45, 2.75) is 39.8 Å². The zero-order valence-corrected chi connectivity index (χ0v) is 16.4. The molecule has 1 atom stereocenters. The number of hydrogen-bond acceptors (Lipinski definition) is 5. The second-order valence-electron chi connectivity index (χ2n) is 6.49. The molecule has 25 heavy (non-hydrogen) atoms. The van der Waals surface area contributed by atoms with Crippen molar-refractivity contribution < 1.29 is 18.4 Å². The van der Waals surface area contributed by atoms with Crippen molar-refractivity contribution in [3.05, 3.63) is 47.2 Å². The maximum absolute atomic E-state index is 12.6. The Bertz CT molecular complexity index is 678. The standard InChI is InChI=1S/C19H28NO4P/c1-5-20(6-2)25(22-13-10-14-23-25)19(17-11-8-7-9-12-17)18(15(3)21)16(4)24-25/h7-9,11-12,19H,5-6,10,13-14H2,1-4H3/t19-/m1/s1. The summed E-state index contributed by atoms with van der Waals surface area (Å²) < 4.78 is 21.7. The predicted molar refractivity (Wildman–Crippen MR) is 100 cm³/mol. The van der Waals surface area contributed by atoms with E-state index in [-0.39, 0.29) is 11.4 Å². The van der Waals surface area contributed by atoms with E-state index >= 15 is 0 Å². The third kappa shape index (κ3) is 2.65. The first-order valence-corrected chi connectivity index (χ1v) is 11.0. The topological polar surface area (TPSA) is 48.0 Å². The number of Topliss-reactive ketones (excluding diaryl/α,β-unsaturated/α-hetero) is 1. The van der Waals surface area contributed by atoms with E-state index in [1.807, 2.05) is 37.3 Å². The van der Waals surface area contributed by atoms with Gasteiger partial charge in [0.05, 0.1) is 0 Å². The predicted octanol–water partition coefficient (Wildman–Crippen LogP) is 4.61. The quantitative estimate of drug-likeness (QED) is 0.713. The first kappa shape index (κ1) is 18.5. The van der Waals surface area contributed by atoms with Gasteiger partial charge in [-0.2, -0.15) is 0 Å². The first-order chi connectivity index (χ1) is 12.0. The van der Waals surface area contributed by atoms with Crippen molar-refractivity contribution in [3.63, 3.8) is 0 Å². The van der Waals surface area contributed by atoms with E-state index in [0.29, 0.717) is 24.5 Å². The average Bonchev–Trinajstić information content (AvgIpc) is 2.86. The van der Waals surface area contributed by atoms with Gasteiger partial charge in [0, 0.05) is 0 Å². The van der Waals surface area contributed by atoms with Crippen molar-refractivity contribution in [1.82, 2.24) is 4.67 Å². The molecule has 0 saturated carbocycles. The maximum atomic E-state index is 12.6. The molecule has 0 aliphatic carbocycles. The normalized spacial score (nSPS) is 26.3.